The fraction of sp³-hybridized carbons (Fsp3) is 0.320. The summed E-state index contributed by atoms with van der Waals surface area (Å²) in [6, 6.07) is 11.1. The van der Waals surface area contributed by atoms with E-state index in [-0.39, 0.29) is 11.7 Å². The van der Waals surface area contributed by atoms with Crippen LogP contribution in [-0.4, -0.2) is 39.1 Å². The highest BCUT2D eigenvalue weighted by Crippen LogP contribution is 2.49. The maximum absolute atomic E-state index is 14.0. The first-order valence-electron chi connectivity index (χ1n) is 10.5. The van der Waals surface area contributed by atoms with Crippen LogP contribution in [0, 0.1) is 5.92 Å². The number of rotatable bonds is 5. The van der Waals surface area contributed by atoms with Gasteiger partial charge in [-0.3, -0.25) is 9.59 Å². The summed E-state index contributed by atoms with van der Waals surface area (Å²) < 4.78 is 15.5. The lowest BCUT2D eigenvalue weighted by molar-refractivity contribution is -0.149. The van der Waals surface area contributed by atoms with Crippen LogP contribution in [0.15, 0.2) is 64.3 Å². The number of carbonyl (C=O) groups is 3. The van der Waals surface area contributed by atoms with Gasteiger partial charge in [0.25, 0.3) is 0 Å². The van der Waals surface area contributed by atoms with Gasteiger partial charge in [-0.25, -0.2) is 4.79 Å². The maximum atomic E-state index is 14.0. The molecule has 2 heterocycles. The molecule has 8 heteroatoms. The number of hydrogen-bond acceptors (Lipinski definition) is 8. The average Bonchev–Trinajstić information content (AvgIpc) is 3.37. The van der Waals surface area contributed by atoms with Crippen molar-refractivity contribution < 1.29 is 28.6 Å². The summed E-state index contributed by atoms with van der Waals surface area (Å²) in [5, 5.41) is 5.19. The zero-order chi connectivity index (χ0) is 23.7. The molecule has 1 aromatic heterocycles. The summed E-state index contributed by atoms with van der Waals surface area (Å²) in [5.41, 5.74) is 2.74. The van der Waals surface area contributed by atoms with Crippen LogP contribution in [0.1, 0.15) is 35.6 Å². The van der Waals surface area contributed by atoms with E-state index < -0.39 is 23.8 Å². The van der Waals surface area contributed by atoms with Crippen LogP contribution in [0.3, 0.4) is 0 Å². The molecule has 4 rings (SSSR count). The fourth-order valence-electron chi connectivity index (χ4n) is 4.74. The number of benzene rings is 1. The van der Waals surface area contributed by atoms with E-state index in [9.17, 15) is 14.4 Å². The molecule has 0 unspecified atom stereocenters. The molecule has 7 nitrogen and oxygen atoms in total. The van der Waals surface area contributed by atoms with Crippen molar-refractivity contribution in [3.05, 3.63) is 74.8 Å². The van der Waals surface area contributed by atoms with Crippen molar-refractivity contribution in [1.82, 2.24) is 5.32 Å². The molecule has 1 aliphatic heterocycles. The van der Waals surface area contributed by atoms with Crippen LogP contribution in [0.25, 0.3) is 0 Å². The normalized spacial score (nSPS) is 22.4. The predicted molar refractivity (Wildman–Crippen MR) is 123 cm³/mol. The van der Waals surface area contributed by atoms with E-state index in [1.54, 1.807) is 32.2 Å². The van der Waals surface area contributed by atoms with Gasteiger partial charge in [-0.2, -0.15) is 0 Å². The standard InChI is InChI=1S/C25H25NO6S/c1-13-19(24(28)31-3)20(14-7-5-8-15(11-14)30-2)22-17(26-13)12-16(18-9-6-10-33-18)21(23(22)27)25(29)32-4/h5-11,16,20-21,26H,12H2,1-4H3/t16-,20-,21-/m0/s1. The molecule has 172 valence electrons. The van der Waals surface area contributed by atoms with Crippen LogP contribution in [0.5, 0.6) is 5.75 Å². The van der Waals surface area contributed by atoms with E-state index >= 15 is 0 Å². The van der Waals surface area contributed by atoms with Crippen molar-refractivity contribution in [3.63, 3.8) is 0 Å². The molecular weight excluding hydrogens is 442 g/mol. The van der Waals surface area contributed by atoms with Gasteiger partial charge in [0.1, 0.15) is 11.7 Å². The topological polar surface area (TPSA) is 90.9 Å². The van der Waals surface area contributed by atoms with Crippen molar-refractivity contribution >= 4 is 29.1 Å². The van der Waals surface area contributed by atoms with E-state index in [0.717, 1.165) is 4.88 Å². The number of hydrogen-bond donors (Lipinski definition) is 1. The summed E-state index contributed by atoms with van der Waals surface area (Å²) in [6.07, 6.45) is 0.438. The number of ether oxygens (including phenoxy) is 3. The van der Waals surface area contributed by atoms with Crippen LogP contribution < -0.4 is 10.1 Å². The van der Waals surface area contributed by atoms with Gasteiger partial charge in [-0.15, -0.1) is 11.3 Å². The first kappa shape index (κ1) is 22.8. The minimum absolute atomic E-state index is 0.330. The van der Waals surface area contributed by atoms with Crippen molar-refractivity contribution in [2.45, 2.75) is 25.2 Å². The zero-order valence-corrected chi connectivity index (χ0v) is 19.7. The van der Waals surface area contributed by atoms with E-state index in [1.807, 2.05) is 23.6 Å². The van der Waals surface area contributed by atoms with Gasteiger partial charge in [0.2, 0.25) is 0 Å². The summed E-state index contributed by atoms with van der Waals surface area (Å²) in [5.74, 6) is -2.93. The Morgan fingerprint density at radius 2 is 1.88 bits per heavy atom. The van der Waals surface area contributed by atoms with Gasteiger partial charge in [-0.1, -0.05) is 18.2 Å². The zero-order valence-electron chi connectivity index (χ0n) is 18.8. The van der Waals surface area contributed by atoms with Gasteiger partial charge < -0.3 is 19.5 Å². The number of esters is 2. The van der Waals surface area contributed by atoms with Gasteiger partial charge in [0.05, 0.1) is 26.9 Å². The van der Waals surface area contributed by atoms with Crippen molar-refractivity contribution in [3.8, 4) is 5.75 Å². The van der Waals surface area contributed by atoms with E-state index in [2.05, 4.69) is 5.32 Å². The number of methoxy groups -OCH3 is 3. The van der Waals surface area contributed by atoms with Crippen molar-refractivity contribution in [2.75, 3.05) is 21.3 Å². The largest absolute Gasteiger partial charge is 0.497 e. The van der Waals surface area contributed by atoms with Crippen LogP contribution in [-0.2, 0) is 23.9 Å². The number of thiophene rings is 1. The second kappa shape index (κ2) is 9.23. The molecule has 1 aromatic carbocycles. The number of carbonyl (C=O) groups excluding carboxylic acids is 3. The number of Topliss-reactive ketones (excluding diaryl/α,β-unsaturated/α-hetero) is 1. The molecule has 0 saturated carbocycles. The minimum atomic E-state index is -1.00. The first-order chi connectivity index (χ1) is 15.9. The molecule has 0 fully saturated rings. The Morgan fingerprint density at radius 3 is 2.52 bits per heavy atom. The van der Waals surface area contributed by atoms with Gasteiger partial charge in [-0.05, 0) is 42.5 Å². The minimum Gasteiger partial charge on any atom is -0.497 e. The first-order valence-corrected chi connectivity index (χ1v) is 11.4. The Labute approximate surface area is 196 Å². The SMILES string of the molecule is COC(=O)C1=C(C)NC2=C(C(=O)[C@@H](C(=O)OC)[C@H](c3cccs3)C2)[C@H]1c1cccc(OC)c1. The highest BCUT2D eigenvalue weighted by atomic mass is 32.1. The average molecular weight is 468 g/mol. The lowest BCUT2D eigenvalue weighted by Gasteiger charge is -2.39. The summed E-state index contributed by atoms with van der Waals surface area (Å²) in [7, 11) is 4.15. The summed E-state index contributed by atoms with van der Waals surface area (Å²) >= 11 is 1.50. The molecule has 0 bridgehead atoms. The van der Waals surface area contributed by atoms with Gasteiger partial charge >= 0.3 is 11.9 Å². The number of allylic oxidation sites excluding steroid dienone is 3. The molecule has 2 aromatic rings. The molecule has 0 radical (unpaired) electrons. The highest BCUT2D eigenvalue weighted by Gasteiger charge is 2.49. The fourth-order valence-corrected chi connectivity index (χ4v) is 5.60. The Kier molecular flexibility index (Phi) is 6.37. The molecule has 0 amide bonds. The van der Waals surface area contributed by atoms with Crippen LogP contribution in [0.2, 0.25) is 0 Å². The predicted octanol–water partition coefficient (Wildman–Crippen LogP) is 3.69. The van der Waals surface area contributed by atoms with Crippen LogP contribution >= 0.6 is 11.3 Å². The number of nitrogens with one attached hydrogen (secondary N) is 1. The second-order valence-electron chi connectivity index (χ2n) is 7.95. The lowest BCUT2D eigenvalue weighted by Crippen LogP contribution is -2.43. The van der Waals surface area contributed by atoms with Gasteiger partial charge in [0, 0.05) is 33.7 Å². The Hall–Kier alpha value is -3.39. The van der Waals surface area contributed by atoms with E-state index in [4.69, 9.17) is 14.2 Å². The number of dihydropyridines is 1. The third-order valence-corrected chi connectivity index (χ3v) is 7.22. The molecule has 1 aliphatic carbocycles. The summed E-state index contributed by atoms with van der Waals surface area (Å²) in [6.45, 7) is 1.79. The smallest absolute Gasteiger partial charge is 0.336 e. The second-order valence-corrected chi connectivity index (χ2v) is 8.93. The van der Waals surface area contributed by atoms with Crippen LogP contribution in [0.4, 0.5) is 0 Å². The molecule has 2 aliphatic rings. The Bertz CT molecular complexity index is 1160. The Morgan fingerprint density at radius 1 is 1.09 bits per heavy atom. The lowest BCUT2D eigenvalue weighted by atomic mass is 9.68. The van der Waals surface area contributed by atoms with E-state index in [0.29, 0.717) is 40.3 Å². The monoisotopic (exact) mass is 467 g/mol. The van der Waals surface area contributed by atoms with E-state index in [1.165, 1.54) is 25.6 Å². The third kappa shape index (κ3) is 3.95. The molecular formula is C25H25NO6S. The molecule has 0 saturated heterocycles. The maximum Gasteiger partial charge on any atom is 0.336 e. The quantitative estimate of drug-likeness (QED) is 0.530. The Balaban J connectivity index is 1.92. The molecule has 33 heavy (non-hydrogen) atoms. The molecule has 3 atom stereocenters. The van der Waals surface area contributed by atoms with Crippen molar-refractivity contribution in [2.24, 2.45) is 5.92 Å². The molecule has 1 N–H and O–H groups in total. The highest BCUT2D eigenvalue weighted by molar-refractivity contribution is 7.10. The van der Waals surface area contributed by atoms with Gasteiger partial charge in [0.15, 0.2) is 5.78 Å². The third-order valence-electron chi connectivity index (χ3n) is 6.22. The van der Waals surface area contributed by atoms with Crippen molar-refractivity contribution in [1.29, 1.82) is 0 Å². The number of ketones is 1. The molecule has 0 spiro atoms. The summed E-state index contributed by atoms with van der Waals surface area (Å²) in [4.78, 5) is 40.6.